The number of hydrogen-bond donors (Lipinski definition) is 0. The van der Waals surface area contributed by atoms with E-state index in [-0.39, 0.29) is 0 Å². The molecule has 0 aliphatic carbocycles. The van der Waals surface area contributed by atoms with Crippen LogP contribution in [0, 0.1) is 6.92 Å². The van der Waals surface area contributed by atoms with Gasteiger partial charge in [0.2, 0.25) is 0 Å². The number of carbonyl (C=O) groups excluding carboxylic acids is 1. The van der Waals surface area contributed by atoms with Crippen molar-refractivity contribution < 1.29 is 19.0 Å². The summed E-state index contributed by atoms with van der Waals surface area (Å²) in [5, 5.41) is 3.57. The number of fused-ring (bicyclic) bond motifs is 2. The third-order valence-electron chi connectivity index (χ3n) is 4.80. The molecule has 4 nitrogen and oxygen atoms in total. The van der Waals surface area contributed by atoms with Crippen LogP contribution in [0.3, 0.4) is 0 Å². The maximum absolute atomic E-state index is 13.1. The van der Waals surface area contributed by atoms with Crippen LogP contribution in [0.2, 0.25) is 0 Å². The largest absolute Gasteiger partial charge is 0.496 e. The summed E-state index contributed by atoms with van der Waals surface area (Å²) >= 11 is 0. The monoisotopic (exact) mass is 372 g/mol. The topological polar surface area (TPSA) is 44.8 Å². The van der Waals surface area contributed by atoms with Gasteiger partial charge >= 0.3 is 5.97 Å². The van der Waals surface area contributed by atoms with Crippen LogP contribution < -0.4 is 14.2 Å². The van der Waals surface area contributed by atoms with Crippen molar-refractivity contribution in [1.82, 2.24) is 0 Å². The maximum Gasteiger partial charge on any atom is 0.347 e. The highest BCUT2D eigenvalue weighted by Gasteiger charge is 2.21. The summed E-state index contributed by atoms with van der Waals surface area (Å²) in [7, 11) is 3.14. The molecule has 0 heterocycles. The molecule has 0 atom stereocenters. The van der Waals surface area contributed by atoms with Gasteiger partial charge in [-0.3, -0.25) is 0 Å². The first kappa shape index (κ1) is 17.9. The van der Waals surface area contributed by atoms with E-state index in [0.717, 1.165) is 27.1 Å². The molecule has 0 spiro atoms. The normalized spacial score (nSPS) is 10.8. The second kappa shape index (κ2) is 7.24. The highest BCUT2D eigenvalue weighted by Crippen LogP contribution is 2.38. The van der Waals surface area contributed by atoms with Gasteiger partial charge in [0.1, 0.15) is 22.8 Å². The second-order valence-electron chi connectivity index (χ2n) is 6.58. The number of ether oxygens (including phenoxy) is 3. The van der Waals surface area contributed by atoms with Gasteiger partial charge in [0, 0.05) is 16.2 Å². The summed E-state index contributed by atoms with van der Waals surface area (Å²) in [6.45, 7) is 2.01. The highest BCUT2D eigenvalue weighted by molar-refractivity contribution is 6.05. The molecule has 28 heavy (non-hydrogen) atoms. The Labute approximate surface area is 163 Å². The van der Waals surface area contributed by atoms with Gasteiger partial charge in [-0.25, -0.2) is 4.79 Å². The molecule has 0 fully saturated rings. The van der Waals surface area contributed by atoms with E-state index in [1.807, 2.05) is 61.5 Å². The van der Waals surface area contributed by atoms with Gasteiger partial charge in [-0.15, -0.1) is 0 Å². The van der Waals surface area contributed by atoms with Crippen molar-refractivity contribution in [2.24, 2.45) is 0 Å². The van der Waals surface area contributed by atoms with Crippen LogP contribution in [-0.4, -0.2) is 20.2 Å². The molecule has 4 rings (SSSR count). The third-order valence-corrected chi connectivity index (χ3v) is 4.80. The van der Waals surface area contributed by atoms with E-state index in [2.05, 4.69) is 0 Å². The number of esters is 1. The van der Waals surface area contributed by atoms with Gasteiger partial charge in [-0.2, -0.15) is 0 Å². The lowest BCUT2D eigenvalue weighted by molar-refractivity contribution is 0.0733. The summed E-state index contributed by atoms with van der Waals surface area (Å²) in [6.07, 6.45) is 0. The van der Waals surface area contributed by atoms with Gasteiger partial charge in [0.15, 0.2) is 0 Å². The van der Waals surface area contributed by atoms with Crippen LogP contribution in [0.4, 0.5) is 0 Å². The fourth-order valence-corrected chi connectivity index (χ4v) is 3.46. The Hall–Kier alpha value is -3.53. The number of hydrogen-bond acceptors (Lipinski definition) is 4. The first-order valence-corrected chi connectivity index (χ1v) is 8.97. The minimum Gasteiger partial charge on any atom is -0.496 e. The third kappa shape index (κ3) is 3.03. The van der Waals surface area contributed by atoms with Crippen molar-refractivity contribution in [3.05, 3.63) is 77.9 Å². The Morgan fingerprint density at radius 1 is 0.750 bits per heavy atom. The maximum atomic E-state index is 13.1. The SMILES string of the molecule is COc1cc(C(=O)Oc2cccc3ccccc23)c(OC)c2ccc(C)cc12. The molecule has 0 amide bonds. The molecule has 0 saturated heterocycles. The van der Waals surface area contributed by atoms with Crippen LogP contribution in [0.1, 0.15) is 15.9 Å². The van der Waals surface area contributed by atoms with E-state index >= 15 is 0 Å². The molecule has 0 saturated carbocycles. The Balaban J connectivity index is 1.84. The zero-order valence-electron chi connectivity index (χ0n) is 16.0. The van der Waals surface area contributed by atoms with Crippen LogP contribution in [-0.2, 0) is 0 Å². The van der Waals surface area contributed by atoms with Crippen molar-refractivity contribution in [1.29, 1.82) is 0 Å². The lowest BCUT2D eigenvalue weighted by Crippen LogP contribution is -2.11. The summed E-state index contributed by atoms with van der Waals surface area (Å²) in [5.41, 5.74) is 1.42. The zero-order chi connectivity index (χ0) is 19.7. The molecule has 0 unspecified atom stereocenters. The van der Waals surface area contributed by atoms with Crippen molar-refractivity contribution in [2.45, 2.75) is 6.92 Å². The molecule has 4 aromatic rings. The number of rotatable bonds is 4. The lowest BCUT2D eigenvalue weighted by Gasteiger charge is -2.15. The molecule has 0 radical (unpaired) electrons. The van der Waals surface area contributed by atoms with Gasteiger partial charge in [0.25, 0.3) is 0 Å². The smallest absolute Gasteiger partial charge is 0.347 e. The van der Waals surface area contributed by atoms with E-state index in [1.165, 1.54) is 0 Å². The number of methoxy groups -OCH3 is 2. The van der Waals surface area contributed by atoms with E-state index in [0.29, 0.717) is 22.8 Å². The van der Waals surface area contributed by atoms with Crippen molar-refractivity contribution in [2.75, 3.05) is 14.2 Å². The van der Waals surface area contributed by atoms with Crippen molar-refractivity contribution in [3.63, 3.8) is 0 Å². The molecule has 0 aromatic heterocycles. The average Bonchev–Trinajstić information content (AvgIpc) is 2.72. The standard InChI is InChI=1S/C24H20O4/c1-15-11-12-18-19(13-15)22(26-2)14-20(23(18)27-3)24(25)28-21-10-6-8-16-7-4-5-9-17(16)21/h4-14H,1-3H3. The predicted octanol–water partition coefficient (Wildman–Crippen LogP) is 5.54. The molecule has 4 aromatic carbocycles. The summed E-state index contributed by atoms with van der Waals surface area (Å²) in [5.74, 6) is 1.09. The van der Waals surface area contributed by atoms with Crippen LogP contribution in [0.25, 0.3) is 21.5 Å². The fourth-order valence-electron chi connectivity index (χ4n) is 3.46. The first-order valence-electron chi connectivity index (χ1n) is 8.97. The minimum absolute atomic E-state index is 0.323. The van der Waals surface area contributed by atoms with Crippen LogP contribution in [0.5, 0.6) is 17.2 Å². The second-order valence-corrected chi connectivity index (χ2v) is 6.58. The Bertz CT molecular complexity index is 1190. The van der Waals surface area contributed by atoms with E-state index in [1.54, 1.807) is 26.4 Å². The van der Waals surface area contributed by atoms with E-state index in [9.17, 15) is 4.79 Å². The molecule has 0 bridgehead atoms. The minimum atomic E-state index is -0.492. The Morgan fingerprint density at radius 3 is 2.32 bits per heavy atom. The van der Waals surface area contributed by atoms with Gasteiger partial charge in [-0.1, -0.05) is 54.1 Å². The Morgan fingerprint density at radius 2 is 1.54 bits per heavy atom. The molecular formula is C24H20O4. The Kier molecular flexibility index (Phi) is 4.62. The van der Waals surface area contributed by atoms with Crippen molar-refractivity contribution in [3.8, 4) is 17.2 Å². The average molecular weight is 372 g/mol. The fraction of sp³-hybridized carbons (Fsp3) is 0.125. The first-order chi connectivity index (χ1) is 13.6. The van der Waals surface area contributed by atoms with Gasteiger partial charge < -0.3 is 14.2 Å². The molecule has 0 aliphatic rings. The lowest BCUT2D eigenvalue weighted by atomic mass is 10.0. The molecule has 4 heteroatoms. The zero-order valence-corrected chi connectivity index (χ0v) is 16.0. The number of aryl methyl sites for hydroxylation is 1. The number of benzene rings is 4. The van der Waals surface area contributed by atoms with Crippen LogP contribution in [0.15, 0.2) is 66.7 Å². The molecule has 0 N–H and O–H groups in total. The predicted molar refractivity (Wildman–Crippen MR) is 111 cm³/mol. The van der Waals surface area contributed by atoms with E-state index < -0.39 is 5.97 Å². The van der Waals surface area contributed by atoms with Crippen LogP contribution >= 0.6 is 0 Å². The quantitative estimate of drug-likeness (QED) is 0.349. The summed E-state index contributed by atoms with van der Waals surface area (Å²) in [4.78, 5) is 13.1. The molecular weight excluding hydrogens is 352 g/mol. The molecule has 140 valence electrons. The highest BCUT2D eigenvalue weighted by atomic mass is 16.5. The van der Waals surface area contributed by atoms with Gasteiger partial charge in [-0.05, 0) is 30.5 Å². The summed E-state index contributed by atoms with van der Waals surface area (Å²) < 4.78 is 16.9. The molecule has 0 aliphatic heterocycles. The summed E-state index contributed by atoms with van der Waals surface area (Å²) in [6, 6.07) is 21.0. The van der Waals surface area contributed by atoms with E-state index in [4.69, 9.17) is 14.2 Å². The van der Waals surface area contributed by atoms with Gasteiger partial charge in [0.05, 0.1) is 14.2 Å². The number of carbonyl (C=O) groups is 1. The van der Waals surface area contributed by atoms with Crippen molar-refractivity contribution >= 4 is 27.5 Å².